The number of aliphatic hydroxyl groups excluding tert-OH is 1. The third-order valence-corrected chi connectivity index (χ3v) is 4.71. The van der Waals surface area contributed by atoms with E-state index in [0.29, 0.717) is 0 Å². The highest BCUT2D eigenvalue weighted by Crippen LogP contribution is 2.45. The summed E-state index contributed by atoms with van der Waals surface area (Å²) < 4.78 is 0. The minimum absolute atomic E-state index is 0.0144. The number of pyridine rings is 1. The van der Waals surface area contributed by atoms with Crippen molar-refractivity contribution in [2.75, 3.05) is 13.1 Å². The summed E-state index contributed by atoms with van der Waals surface area (Å²) in [5.41, 5.74) is 0.964. The molecule has 3 nitrogen and oxygen atoms in total. The van der Waals surface area contributed by atoms with Crippen LogP contribution in [0.15, 0.2) is 24.5 Å². The summed E-state index contributed by atoms with van der Waals surface area (Å²) in [5.74, 6) is 0. The highest BCUT2D eigenvalue weighted by Gasteiger charge is 2.46. The Labute approximate surface area is 109 Å². The minimum atomic E-state index is -0.383. The molecular weight excluding hydrogens is 224 g/mol. The first-order valence-corrected chi connectivity index (χ1v) is 7.16. The Bertz CT molecular complexity index is 381. The van der Waals surface area contributed by atoms with E-state index in [2.05, 4.69) is 9.88 Å². The van der Waals surface area contributed by atoms with Crippen molar-refractivity contribution >= 4 is 0 Å². The molecule has 0 aromatic carbocycles. The Balaban J connectivity index is 1.89. The molecule has 2 aliphatic rings. The second-order valence-corrected chi connectivity index (χ2v) is 5.69. The Kier molecular flexibility index (Phi) is 3.35. The fraction of sp³-hybridized carbons (Fsp3) is 0.667. The van der Waals surface area contributed by atoms with E-state index in [1.54, 1.807) is 6.20 Å². The van der Waals surface area contributed by atoms with Crippen LogP contribution in [0.1, 0.15) is 50.2 Å². The fourth-order valence-corrected chi connectivity index (χ4v) is 3.76. The molecule has 3 rings (SSSR count). The van der Waals surface area contributed by atoms with E-state index in [4.69, 9.17) is 0 Å². The lowest BCUT2D eigenvalue weighted by molar-refractivity contribution is -0.0197. The van der Waals surface area contributed by atoms with Crippen LogP contribution in [0, 0.1) is 0 Å². The molecule has 0 amide bonds. The van der Waals surface area contributed by atoms with E-state index < -0.39 is 0 Å². The quantitative estimate of drug-likeness (QED) is 0.890. The summed E-state index contributed by atoms with van der Waals surface area (Å²) in [7, 11) is 0. The summed E-state index contributed by atoms with van der Waals surface area (Å²) in [4.78, 5) is 6.70. The maximum absolute atomic E-state index is 10.8. The van der Waals surface area contributed by atoms with Gasteiger partial charge in [-0.1, -0.05) is 18.9 Å². The van der Waals surface area contributed by atoms with Gasteiger partial charge in [-0.15, -0.1) is 0 Å². The van der Waals surface area contributed by atoms with Crippen molar-refractivity contribution in [1.82, 2.24) is 9.88 Å². The summed E-state index contributed by atoms with van der Waals surface area (Å²) in [6.45, 7) is 2.30. The maximum atomic E-state index is 10.8. The topological polar surface area (TPSA) is 36.4 Å². The van der Waals surface area contributed by atoms with E-state index in [-0.39, 0.29) is 11.6 Å². The summed E-state index contributed by atoms with van der Waals surface area (Å²) in [6, 6.07) is 3.93. The fourth-order valence-electron chi connectivity index (χ4n) is 3.76. The molecule has 0 spiro atoms. The summed E-state index contributed by atoms with van der Waals surface area (Å²) >= 11 is 0. The van der Waals surface area contributed by atoms with Crippen LogP contribution in [0.4, 0.5) is 0 Å². The number of hydrogen-bond acceptors (Lipinski definition) is 3. The van der Waals surface area contributed by atoms with Gasteiger partial charge >= 0.3 is 0 Å². The van der Waals surface area contributed by atoms with E-state index in [1.165, 1.54) is 25.7 Å². The van der Waals surface area contributed by atoms with E-state index in [9.17, 15) is 5.11 Å². The lowest BCUT2D eigenvalue weighted by Crippen LogP contribution is -2.49. The molecule has 18 heavy (non-hydrogen) atoms. The van der Waals surface area contributed by atoms with Gasteiger partial charge in [0.25, 0.3) is 0 Å². The molecule has 1 atom stereocenters. The van der Waals surface area contributed by atoms with Gasteiger partial charge in [0, 0.05) is 18.0 Å². The van der Waals surface area contributed by atoms with Crippen LogP contribution in [0.25, 0.3) is 0 Å². The minimum Gasteiger partial charge on any atom is -0.386 e. The number of rotatable bonds is 3. The molecule has 1 saturated carbocycles. The second kappa shape index (κ2) is 4.98. The normalized spacial score (nSPS) is 25.4. The molecule has 1 N–H and O–H groups in total. The van der Waals surface area contributed by atoms with Crippen molar-refractivity contribution in [3.63, 3.8) is 0 Å². The third kappa shape index (κ3) is 1.95. The largest absolute Gasteiger partial charge is 0.386 e. The highest BCUT2D eigenvalue weighted by molar-refractivity contribution is 5.19. The summed E-state index contributed by atoms with van der Waals surface area (Å²) in [5, 5.41) is 10.8. The summed E-state index contributed by atoms with van der Waals surface area (Å²) in [6.07, 6.45) is 10.5. The Morgan fingerprint density at radius 2 is 1.89 bits per heavy atom. The zero-order chi connectivity index (χ0) is 12.4. The molecule has 0 radical (unpaired) electrons. The first kappa shape index (κ1) is 12.1. The van der Waals surface area contributed by atoms with Gasteiger partial charge in [-0.2, -0.15) is 0 Å². The molecule has 2 heterocycles. The van der Waals surface area contributed by atoms with Gasteiger partial charge in [-0.25, -0.2) is 0 Å². The van der Waals surface area contributed by atoms with Crippen LogP contribution in [-0.4, -0.2) is 33.6 Å². The van der Waals surface area contributed by atoms with Crippen LogP contribution in [0.2, 0.25) is 0 Å². The van der Waals surface area contributed by atoms with Crippen LogP contribution in [0.5, 0.6) is 0 Å². The molecule has 2 fully saturated rings. The van der Waals surface area contributed by atoms with Gasteiger partial charge in [-0.3, -0.25) is 9.88 Å². The Hall–Kier alpha value is -0.930. The maximum Gasteiger partial charge on any atom is 0.0988 e. The predicted molar refractivity (Wildman–Crippen MR) is 71.2 cm³/mol. The van der Waals surface area contributed by atoms with Gasteiger partial charge in [0.15, 0.2) is 0 Å². The average molecular weight is 246 g/mol. The molecule has 1 aliphatic carbocycles. The zero-order valence-electron chi connectivity index (χ0n) is 10.9. The van der Waals surface area contributed by atoms with Crippen molar-refractivity contribution in [3.05, 3.63) is 30.1 Å². The molecule has 3 heteroatoms. The van der Waals surface area contributed by atoms with Gasteiger partial charge in [0.2, 0.25) is 0 Å². The predicted octanol–water partition coefficient (Wildman–Crippen LogP) is 2.52. The van der Waals surface area contributed by atoms with Gasteiger partial charge in [0.1, 0.15) is 0 Å². The molecular formula is C15H22N2O. The lowest BCUT2D eigenvalue weighted by Gasteiger charge is -2.42. The van der Waals surface area contributed by atoms with Crippen LogP contribution in [0.3, 0.4) is 0 Å². The van der Waals surface area contributed by atoms with Crippen molar-refractivity contribution < 1.29 is 5.11 Å². The highest BCUT2D eigenvalue weighted by atomic mass is 16.3. The molecule has 0 bridgehead atoms. The second-order valence-electron chi connectivity index (χ2n) is 5.69. The Morgan fingerprint density at radius 3 is 2.50 bits per heavy atom. The number of hydrogen-bond donors (Lipinski definition) is 1. The zero-order valence-corrected chi connectivity index (χ0v) is 10.9. The number of aromatic nitrogens is 1. The van der Waals surface area contributed by atoms with Crippen LogP contribution in [-0.2, 0) is 0 Å². The van der Waals surface area contributed by atoms with E-state index in [0.717, 1.165) is 31.5 Å². The first-order valence-electron chi connectivity index (χ1n) is 7.16. The molecule has 1 aromatic rings. The number of nitrogens with zero attached hydrogens (tertiary/aromatic N) is 2. The standard InChI is InChI=1S/C15H22N2O/c18-14(13-6-5-9-16-12-13)15(7-1-2-8-15)17-10-3-4-11-17/h5-6,9,12,14,18H,1-4,7-8,10-11H2. The SMILES string of the molecule is OC(c1cccnc1)C1(N2CCCC2)CCCC1. The van der Waals surface area contributed by atoms with E-state index in [1.807, 2.05) is 18.3 Å². The lowest BCUT2D eigenvalue weighted by atomic mass is 9.85. The van der Waals surface area contributed by atoms with Gasteiger partial charge in [0.05, 0.1) is 11.6 Å². The van der Waals surface area contributed by atoms with Gasteiger partial charge < -0.3 is 5.11 Å². The van der Waals surface area contributed by atoms with E-state index >= 15 is 0 Å². The molecule has 1 aliphatic heterocycles. The van der Waals surface area contributed by atoms with Crippen molar-refractivity contribution in [2.24, 2.45) is 0 Å². The number of aliphatic hydroxyl groups is 1. The first-order chi connectivity index (χ1) is 8.83. The average Bonchev–Trinajstić information content (AvgIpc) is 3.10. The van der Waals surface area contributed by atoms with Crippen molar-refractivity contribution in [2.45, 2.75) is 50.2 Å². The number of likely N-dealkylation sites (tertiary alicyclic amines) is 1. The smallest absolute Gasteiger partial charge is 0.0988 e. The van der Waals surface area contributed by atoms with Gasteiger partial charge in [-0.05, 0) is 44.8 Å². The van der Waals surface area contributed by atoms with Crippen molar-refractivity contribution in [3.8, 4) is 0 Å². The van der Waals surface area contributed by atoms with Crippen LogP contribution < -0.4 is 0 Å². The monoisotopic (exact) mass is 246 g/mol. The molecule has 98 valence electrons. The van der Waals surface area contributed by atoms with Crippen LogP contribution >= 0.6 is 0 Å². The van der Waals surface area contributed by atoms with Crippen molar-refractivity contribution in [1.29, 1.82) is 0 Å². The molecule has 1 saturated heterocycles. The molecule has 1 aromatic heterocycles. The molecule has 1 unspecified atom stereocenters. The Morgan fingerprint density at radius 1 is 1.17 bits per heavy atom. The third-order valence-electron chi connectivity index (χ3n) is 4.71.